The van der Waals surface area contributed by atoms with Gasteiger partial charge in [0.15, 0.2) is 0 Å². The molecule has 116 valence electrons. The first kappa shape index (κ1) is 14.1. The van der Waals surface area contributed by atoms with Gasteiger partial charge in [0, 0.05) is 42.1 Å². The number of hydrogen-bond donors (Lipinski definition) is 0. The Bertz CT molecular complexity index is 923. The lowest BCUT2D eigenvalue weighted by Gasteiger charge is -2.20. The minimum absolute atomic E-state index is 0.120. The topological polar surface area (TPSA) is 24.7 Å². The molecule has 3 heterocycles. The summed E-state index contributed by atoms with van der Waals surface area (Å²) in [4.78, 5) is 13.8. The van der Waals surface area contributed by atoms with Crippen LogP contribution in [0.1, 0.15) is 25.0 Å². The second-order valence-electron chi connectivity index (χ2n) is 6.50. The Morgan fingerprint density at radius 1 is 1.17 bits per heavy atom. The molecule has 0 N–H and O–H groups in total. The van der Waals surface area contributed by atoms with E-state index in [2.05, 4.69) is 67.0 Å². The molecule has 0 fully saturated rings. The first-order valence-electron chi connectivity index (χ1n) is 8.05. The van der Waals surface area contributed by atoms with Crippen molar-refractivity contribution in [3.8, 4) is 11.1 Å². The van der Waals surface area contributed by atoms with Gasteiger partial charge in [0.25, 0.3) is 0 Å². The van der Waals surface area contributed by atoms with Crippen LogP contribution in [-0.4, -0.2) is 16.3 Å². The molecule has 0 saturated carbocycles. The van der Waals surface area contributed by atoms with E-state index in [4.69, 9.17) is 0 Å². The van der Waals surface area contributed by atoms with Crippen LogP contribution in [0, 0.1) is 6.92 Å². The molecule has 0 aliphatic carbocycles. The molecule has 1 aliphatic rings. The lowest BCUT2D eigenvalue weighted by atomic mass is 10.0. The molecular weight excluding hydrogens is 284 g/mol. The van der Waals surface area contributed by atoms with Crippen molar-refractivity contribution in [2.24, 2.45) is 0 Å². The van der Waals surface area contributed by atoms with Crippen LogP contribution in [0.15, 0.2) is 48.8 Å². The molecule has 23 heavy (non-hydrogen) atoms. The van der Waals surface area contributed by atoms with Crippen molar-refractivity contribution in [2.45, 2.75) is 33.2 Å². The largest absolute Gasteiger partial charge is 0.323 e. The van der Waals surface area contributed by atoms with E-state index in [1.165, 1.54) is 27.8 Å². The molecule has 3 aromatic rings. The van der Waals surface area contributed by atoms with E-state index < -0.39 is 0 Å². The van der Waals surface area contributed by atoms with Gasteiger partial charge < -0.3 is 9.30 Å². The summed E-state index contributed by atoms with van der Waals surface area (Å²) in [6.07, 6.45) is 5.18. The molecule has 0 radical (unpaired) electrons. The highest BCUT2D eigenvalue weighted by Gasteiger charge is 2.28. The number of hydrogen-bond acceptors (Lipinski definition) is 1. The fourth-order valence-electron chi connectivity index (χ4n) is 3.73. The summed E-state index contributed by atoms with van der Waals surface area (Å²) >= 11 is 0. The van der Waals surface area contributed by atoms with Gasteiger partial charge in [-0.25, -0.2) is 0 Å². The summed E-state index contributed by atoms with van der Waals surface area (Å²) in [7, 11) is 0. The molecule has 1 aromatic carbocycles. The number of pyridine rings is 1. The van der Waals surface area contributed by atoms with E-state index in [1.54, 1.807) is 6.92 Å². The number of carbonyl (C=O) groups excluding carboxylic acids is 1. The number of anilines is 1. The Balaban J connectivity index is 1.80. The molecular formula is C20H20N2O. The van der Waals surface area contributed by atoms with Crippen molar-refractivity contribution >= 4 is 17.1 Å². The summed E-state index contributed by atoms with van der Waals surface area (Å²) < 4.78 is 2.17. The van der Waals surface area contributed by atoms with E-state index in [1.807, 2.05) is 4.90 Å². The van der Waals surface area contributed by atoms with Gasteiger partial charge >= 0.3 is 0 Å². The highest BCUT2D eigenvalue weighted by atomic mass is 16.2. The second kappa shape index (κ2) is 4.98. The van der Waals surface area contributed by atoms with E-state index >= 15 is 0 Å². The summed E-state index contributed by atoms with van der Waals surface area (Å²) in [6, 6.07) is 13.1. The quantitative estimate of drug-likeness (QED) is 0.661. The Labute approximate surface area is 136 Å². The zero-order chi connectivity index (χ0) is 16.1. The van der Waals surface area contributed by atoms with Crippen molar-refractivity contribution in [1.29, 1.82) is 0 Å². The van der Waals surface area contributed by atoms with E-state index in [0.29, 0.717) is 0 Å². The molecule has 4 rings (SSSR count). The van der Waals surface area contributed by atoms with Gasteiger partial charge in [-0.1, -0.05) is 12.1 Å². The van der Waals surface area contributed by atoms with Gasteiger partial charge in [0.05, 0.1) is 0 Å². The second-order valence-corrected chi connectivity index (χ2v) is 6.50. The number of nitrogens with zero attached hydrogens (tertiary/aromatic N) is 2. The maximum Gasteiger partial charge on any atom is 0.224 e. The molecule has 1 aliphatic heterocycles. The van der Waals surface area contributed by atoms with E-state index in [0.717, 1.165) is 12.1 Å². The summed E-state index contributed by atoms with van der Waals surface area (Å²) in [6.45, 7) is 5.88. The Hall–Kier alpha value is -2.55. The summed E-state index contributed by atoms with van der Waals surface area (Å²) in [5.41, 5.74) is 7.27. The zero-order valence-corrected chi connectivity index (χ0v) is 13.7. The van der Waals surface area contributed by atoms with Crippen molar-refractivity contribution in [3.05, 3.63) is 59.9 Å². The van der Waals surface area contributed by atoms with Crippen molar-refractivity contribution < 1.29 is 4.79 Å². The van der Waals surface area contributed by atoms with Crippen LogP contribution in [0.25, 0.3) is 16.6 Å². The number of rotatable bonds is 1. The molecule has 0 saturated heterocycles. The SMILES string of the molecule is CC(=O)N1c2ccc(-c3cc4c(C)cccn4c3)cc2C[C@H]1C. The predicted octanol–water partition coefficient (Wildman–Crippen LogP) is 4.21. The van der Waals surface area contributed by atoms with Crippen LogP contribution >= 0.6 is 0 Å². The number of amides is 1. The molecule has 1 atom stereocenters. The standard InChI is InChI=1S/C20H20N2O/c1-13-5-4-8-21-12-18(11-20(13)21)16-6-7-19-17(10-16)9-14(2)22(19)15(3)23/h4-8,10-12,14H,9H2,1-3H3/t14-/m1/s1. The van der Waals surface area contributed by atoms with E-state index in [9.17, 15) is 4.79 Å². The Morgan fingerprint density at radius 3 is 2.74 bits per heavy atom. The van der Waals surface area contributed by atoms with Gasteiger partial charge in [0.1, 0.15) is 0 Å². The fraction of sp³-hybridized carbons (Fsp3) is 0.250. The normalized spacial score (nSPS) is 16.8. The van der Waals surface area contributed by atoms with Crippen molar-refractivity contribution in [1.82, 2.24) is 4.40 Å². The Kier molecular flexibility index (Phi) is 3.05. The minimum atomic E-state index is 0.120. The number of aromatic nitrogens is 1. The van der Waals surface area contributed by atoms with Gasteiger partial charge in [-0.15, -0.1) is 0 Å². The maximum atomic E-state index is 11.9. The first-order chi connectivity index (χ1) is 11.0. The molecule has 0 bridgehead atoms. The number of carbonyl (C=O) groups is 1. The lowest BCUT2D eigenvalue weighted by Crippen LogP contribution is -2.33. The fourth-order valence-corrected chi connectivity index (χ4v) is 3.73. The molecule has 0 unspecified atom stereocenters. The van der Waals surface area contributed by atoms with Crippen LogP contribution in [0.4, 0.5) is 5.69 Å². The number of benzene rings is 1. The average molecular weight is 304 g/mol. The van der Waals surface area contributed by atoms with Crippen LogP contribution in [0.3, 0.4) is 0 Å². The third-order valence-corrected chi connectivity index (χ3v) is 4.81. The molecule has 0 spiro atoms. The van der Waals surface area contributed by atoms with Gasteiger partial charge in [-0.05, 0) is 61.2 Å². The Morgan fingerprint density at radius 2 is 2.00 bits per heavy atom. The van der Waals surface area contributed by atoms with E-state index in [-0.39, 0.29) is 11.9 Å². The molecule has 1 amide bonds. The predicted molar refractivity (Wildman–Crippen MR) is 93.9 cm³/mol. The monoisotopic (exact) mass is 304 g/mol. The third-order valence-electron chi connectivity index (χ3n) is 4.81. The van der Waals surface area contributed by atoms with Crippen LogP contribution < -0.4 is 4.90 Å². The van der Waals surface area contributed by atoms with Crippen LogP contribution in [0.2, 0.25) is 0 Å². The minimum Gasteiger partial charge on any atom is -0.323 e. The van der Waals surface area contributed by atoms with Crippen molar-refractivity contribution in [2.75, 3.05) is 4.90 Å². The molecule has 3 heteroatoms. The van der Waals surface area contributed by atoms with Crippen LogP contribution in [0.5, 0.6) is 0 Å². The average Bonchev–Trinajstić information content (AvgIpc) is 3.07. The highest BCUT2D eigenvalue weighted by molar-refractivity contribution is 5.95. The van der Waals surface area contributed by atoms with Crippen molar-refractivity contribution in [3.63, 3.8) is 0 Å². The van der Waals surface area contributed by atoms with Gasteiger partial charge in [0.2, 0.25) is 5.91 Å². The first-order valence-corrected chi connectivity index (χ1v) is 8.05. The number of aryl methyl sites for hydroxylation is 1. The lowest BCUT2D eigenvalue weighted by molar-refractivity contribution is -0.116. The van der Waals surface area contributed by atoms with Gasteiger partial charge in [-0.3, -0.25) is 4.79 Å². The smallest absolute Gasteiger partial charge is 0.224 e. The highest BCUT2D eigenvalue weighted by Crippen LogP contribution is 2.36. The molecule has 3 nitrogen and oxygen atoms in total. The molecule has 2 aromatic heterocycles. The third kappa shape index (κ3) is 2.15. The zero-order valence-electron chi connectivity index (χ0n) is 13.7. The van der Waals surface area contributed by atoms with Crippen LogP contribution in [-0.2, 0) is 11.2 Å². The number of fused-ring (bicyclic) bond motifs is 2. The summed E-state index contributed by atoms with van der Waals surface area (Å²) in [5, 5.41) is 0. The van der Waals surface area contributed by atoms with Gasteiger partial charge in [-0.2, -0.15) is 0 Å². The maximum absolute atomic E-state index is 11.9. The summed E-state index contributed by atoms with van der Waals surface area (Å²) in [5.74, 6) is 0.120.